The predicted molar refractivity (Wildman–Crippen MR) is 163 cm³/mol. The summed E-state index contributed by atoms with van der Waals surface area (Å²) in [5.74, 6) is -0.687. The van der Waals surface area contributed by atoms with E-state index in [1.165, 1.54) is 11.1 Å². The van der Waals surface area contributed by atoms with E-state index in [9.17, 15) is 19.5 Å². The van der Waals surface area contributed by atoms with Gasteiger partial charge in [0.2, 0.25) is 5.91 Å². The molecule has 0 bridgehead atoms. The van der Waals surface area contributed by atoms with Crippen LogP contribution in [-0.2, 0) is 9.53 Å². The van der Waals surface area contributed by atoms with Gasteiger partial charge in [-0.15, -0.1) is 0 Å². The van der Waals surface area contributed by atoms with Gasteiger partial charge in [0, 0.05) is 43.1 Å². The summed E-state index contributed by atoms with van der Waals surface area (Å²) in [7, 11) is 0. The van der Waals surface area contributed by atoms with Crippen LogP contribution < -0.4 is 0 Å². The third-order valence-electron chi connectivity index (χ3n) is 9.73. The molecule has 3 aliphatic heterocycles. The smallest absolute Gasteiger partial charge is 0.410 e. The van der Waals surface area contributed by atoms with Crippen LogP contribution in [0.15, 0.2) is 42.0 Å². The number of benzene rings is 1. The highest BCUT2D eigenvalue weighted by molar-refractivity contribution is 5.88. The number of rotatable bonds is 4. The van der Waals surface area contributed by atoms with Crippen LogP contribution in [-0.4, -0.2) is 88.2 Å². The molecule has 8 nitrogen and oxygen atoms in total. The average Bonchev–Trinajstić information content (AvgIpc) is 3.41. The van der Waals surface area contributed by atoms with Gasteiger partial charge in [-0.05, 0) is 82.7 Å². The Morgan fingerprint density at radius 2 is 1.60 bits per heavy atom. The fraction of sp³-hybridized carbons (Fsp3) is 0.618. The Morgan fingerprint density at radius 1 is 0.929 bits per heavy atom. The fourth-order valence-corrected chi connectivity index (χ4v) is 7.78. The minimum absolute atomic E-state index is 0.0999. The number of nitrogens with zero attached hydrogens (tertiary/aromatic N) is 3. The van der Waals surface area contributed by atoms with Crippen molar-refractivity contribution >= 4 is 23.5 Å². The molecule has 0 radical (unpaired) electrons. The van der Waals surface area contributed by atoms with Crippen LogP contribution in [0.3, 0.4) is 0 Å². The van der Waals surface area contributed by atoms with Gasteiger partial charge >= 0.3 is 12.1 Å². The molecule has 228 valence electrons. The van der Waals surface area contributed by atoms with Crippen LogP contribution in [0.2, 0.25) is 0 Å². The van der Waals surface area contributed by atoms with E-state index in [4.69, 9.17) is 4.74 Å². The lowest BCUT2D eigenvalue weighted by Crippen LogP contribution is -2.56. The van der Waals surface area contributed by atoms with Crippen molar-refractivity contribution in [3.63, 3.8) is 0 Å². The van der Waals surface area contributed by atoms with E-state index in [0.29, 0.717) is 37.8 Å². The Balaban J connectivity index is 1.25. The predicted octanol–water partition coefficient (Wildman–Crippen LogP) is 5.84. The largest absolute Gasteiger partial charge is 0.478 e. The SMILES string of the molecule is CC(C)(C)OC(=O)N1CCC(N2CCC[C@H]2C(=O)N2CC=C3C(C)(C)C(c4ccc(C(=O)O)cc4)=CC[C@]3(C)C2)CC1. The van der Waals surface area contributed by atoms with E-state index >= 15 is 0 Å². The number of carbonyl (C=O) groups excluding carboxylic acids is 2. The number of carboxylic acids is 1. The van der Waals surface area contributed by atoms with Gasteiger partial charge in [-0.2, -0.15) is 0 Å². The maximum atomic E-state index is 14.0. The highest BCUT2D eigenvalue weighted by Gasteiger charge is 2.48. The maximum absolute atomic E-state index is 14.0. The van der Waals surface area contributed by atoms with Crippen molar-refractivity contribution in [1.29, 1.82) is 0 Å². The Bertz CT molecular complexity index is 1280. The zero-order chi connectivity index (χ0) is 30.4. The molecule has 1 aliphatic carbocycles. The molecular formula is C34H47N3O5. The third kappa shape index (κ3) is 5.87. The lowest BCUT2D eigenvalue weighted by atomic mass is 9.58. The molecule has 1 N–H and O–H groups in total. The van der Waals surface area contributed by atoms with Crippen molar-refractivity contribution in [2.45, 2.75) is 91.3 Å². The number of carbonyl (C=O) groups is 3. The average molecular weight is 578 g/mol. The van der Waals surface area contributed by atoms with Gasteiger partial charge in [0.05, 0.1) is 11.6 Å². The molecular weight excluding hydrogens is 530 g/mol. The number of ether oxygens (including phenoxy) is 1. The monoisotopic (exact) mass is 577 g/mol. The van der Waals surface area contributed by atoms with Crippen LogP contribution >= 0.6 is 0 Å². The van der Waals surface area contributed by atoms with Gasteiger partial charge in [0.15, 0.2) is 0 Å². The van der Waals surface area contributed by atoms with Crippen molar-refractivity contribution < 1.29 is 24.2 Å². The molecule has 0 spiro atoms. The summed E-state index contributed by atoms with van der Waals surface area (Å²) in [6, 6.07) is 7.37. The van der Waals surface area contributed by atoms with Crippen molar-refractivity contribution in [2.75, 3.05) is 32.7 Å². The molecule has 2 fully saturated rings. The lowest BCUT2D eigenvalue weighted by Gasteiger charge is -2.51. The molecule has 2 atom stereocenters. The molecule has 2 saturated heterocycles. The van der Waals surface area contributed by atoms with Crippen LogP contribution in [0.1, 0.15) is 89.6 Å². The van der Waals surface area contributed by atoms with Crippen molar-refractivity contribution in [3.8, 4) is 0 Å². The zero-order valence-electron chi connectivity index (χ0n) is 26.1. The zero-order valence-corrected chi connectivity index (χ0v) is 26.1. The van der Waals surface area contributed by atoms with Gasteiger partial charge in [0.1, 0.15) is 5.60 Å². The van der Waals surface area contributed by atoms with Gasteiger partial charge in [-0.1, -0.05) is 50.6 Å². The summed E-state index contributed by atoms with van der Waals surface area (Å²) in [6.45, 7) is 16.0. The summed E-state index contributed by atoms with van der Waals surface area (Å²) in [6.07, 6.45) is 8.79. The van der Waals surface area contributed by atoms with Gasteiger partial charge < -0.3 is 19.6 Å². The molecule has 0 saturated carbocycles. The van der Waals surface area contributed by atoms with Crippen LogP contribution in [0.5, 0.6) is 0 Å². The molecule has 8 heteroatoms. The second kappa shape index (κ2) is 11.2. The molecule has 0 unspecified atom stereocenters. The standard InChI is InChI=1S/C34H47N3O5/c1-32(2,3)42-31(41)35-19-14-25(15-20-35)37-18-7-8-27(37)29(38)36-21-16-28-33(4,5)26(13-17-34(28,6)22-36)23-9-11-24(12-10-23)30(39)40/h9-13,16,25,27H,7-8,14-15,17-22H2,1-6H3,(H,39,40)/t27-,34+/m0/s1. The number of aromatic carboxylic acids is 1. The highest BCUT2D eigenvalue weighted by atomic mass is 16.6. The Labute approximate surface area is 250 Å². The first-order chi connectivity index (χ1) is 19.7. The van der Waals surface area contributed by atoms with Crippen molar-refractivity contribution in [1.82, 2.24) is 14.7 Å². The molecule has 2 amide bonds. The molecule has 4 aliphatic rings. The normalized spacial score (nSPS) is 26.8. The molecule has 1 aromatic carbocycles. The Morgan fingerprint density at radius 3 is 2.21 bits per heavy atom. The van der Waals surface area contributed by atoms with Gasteiger partial charge in [-0.25, -0.2) is 9.59 Å². The molecule has 1 aromatic rings. The van der Waals surface area contributed by atoms with Crippen LogP contribution in [0.4, 0.5) is 4.79 Å². The van der Waals surface area contributed by atoms with E-state index < -0.39 is 11.6 Å². The van der Waals surface area contributed by atoms with Gasteiger partial charge in [0.25, 0.3) is 0 Å². The van der Waals surface area contributed by atoms with Gasteiger partial charge in [-0.3, -0.25) is 9.69 Å². The number of fused-ring (bicyclic) bond motifs is 1. The quantitative estimate of drug-likeness (QED) is 0.453. The fourth-order valence-electron chi connectivity index (χ4n) is 7.78. The summed E-state index contributed by atoms with van der Waals surface area (Å²) >= 11 is 0. The number of likely N-dealkylation sites (tertiary alicyclic amines) is 2. The number of hydrogen-bond acceptors (Lipinski definition) is 5. The molecule has 3 heterocycles. The number of carboxylic acid groups (broad SMARTS) is 1. The number of allylic oxidation sites excluding steroid dienone is 2. The number of hydrogen-bond donors (Lipinski definition) is 1. The van der Waals surface area contributed by atoms with E-state index in [2.05, 4.69) is 42.7 Å². The van der Waals surface area contributed by atoms with Crippen molar-refractivity contribution in [3.05, 3.63) is 53.1 Å². The summed E-state index contributed by atoms with van der Waals surface area (Å²) in [5.41, 5.74) is 3.03. The van der Waals surface area contributed by atoms with E-state index in [0.717, 1.165) is 44.2 Å². The molecule has 42 heavy (non-hydrogen) atoms. The Hall–Kier alpha value is -3.13. The highest BCUT2D eigenvalue weighted by Crippen LogP contribution is 2.55. The summed E-state index contributed by atoms with van der Waals surface area (Å²) in [5, 5.41) is 9.30. The third-order valence-corrected chi connectivity index (χ3v) is 9.73. The number of piperidine rings is 1. The molecule has 5 rings (SSSR count). The lowest BCUT2D eigenvalue weighted by molar-refractivity contribution is -0.138. The summed E-state index contributed by atoms with van der Waals surface area (Å²) in [4.78, 5) is 44.2. The minimum Gasteiger partial charge on any atom is -0.478 e. The first-order valence-electron chi connectivity index (χ1n) is 15.5. The summed E-state index contributed by atoms with van der Waals surface area (Å²) < 4.78 is 5.57. The van der Waals surface area contributed by atoms with Crippen LogP contribution in [0, 0.1) is 10.8 Å². The Kier molecular flexibility index (Phi) is 8.07. The van der Waals surface area contributed by atoms with Crippen molar-refractivity contribution in [2.24, 2.45) is 10.8 Å². The molecule has 0 aromatic heterocycles. The number of amides is 2. The minimum atomic E-state index is -0.919. The second-order valence-electron chi connectivity index (χ2n) is 14.3. The first-order valence-corrected chi connectivity index (χ1v) is 15.5. The maximum Gasteiger partial charge on any atom is 0.410 e. The second-order valence-corrected chi connectivity index (χ2v) is 14.3. The first kappa shape index (κ1) is 30.3. The van der Waals surface area contributed by atoms with E-state index in [1.807, 2.05) is 32.9 Å². The van der Waals surface area contributed by atoms with E-state index in [-0.39, 0.29) is 28.9 Å². The topological polar surface area (TPSA) is 90.4 Å². The van der Waals surface area contributed by atoms with E-state index in [1.54, 1.807) is 17.0 Å². The van der Waals surface area contributed by atoms with Crippen LogP contribution in [0.25, 0.3) is 5.57 Å².